The second-order valence-electron chi connectivity index (χ2n) is 7.97. The van der Waals surface area contributed by atoms with Gasteiger partial charge in [0.25, 0.3) is 0 Å². The number of aliphatic hydroxyl groups is 1. The number of thioether (sulfide) groups is 1. The van der Waals surface area contributed by atoms with Gasteiger partial charge in [-0.25, -0.2) is 19.8 Å². The van der Waals surface area contributed by atoms with Crippen molar-refractivity contribution in [2.75, 3.05) is 37.9 Å². The van der Waals surface area contributed by atoms with E-state index in [1.807, 2.05) is 39.0 Å². The van der Waals surface area contributed by atoms with Crippen LogP contribution in [0.1, 0.15) is 32.4 Å². The van der Waals surface area contributed by atoms with Crippen LogP contribution in [0.5, 0.6) is 0 Å². The fourth-order valence-corrected chi connectivity index (χ4v) is 4.12. The Bertz CT molecular complexity index is 858. The molecule has 0 aliphatic carbocycles. The number of aryl methyl sites for hydroxylation is 1. The molecule has 1 aromatic heterocycles. The minimum absolute atomic E-state index is 0.0301. The van der Waals surface area contributed by atoms with Gasteiger partial charge in [-0.05, 0) is 32.9 Å². The minimum Gasteiger partial charge on any atom is -0.474 e. The number of aromatic nitrogens is 1. The summed E-state index contributed by atoms with van der Waals surface area (Å²) in [5, 5.41) is 14.9. The van der Waals surface area contributed by atoms with Crippen molar-refractivity contribution < 1.29 is 24.2 Å². The summed E-state index contributed by atoms with van der Waals surface area (Å²) < 4.78 is 11.4. The van der Waals surface area contributed by atoms with Crippen LogP contribution >= 0.6 is 11.8 Å². The summed E-state index contributed by atoms with van der Waals surface area (Å²) in [5.74, 6) is 1.11. The van der Waals surface area contributed by atoms with Crippen LogP contribution in [0.2, 0.25) is 0 Å². The molecule has 2 aliphatic heterocycles. The molecule has 10 nitrogen and oxygen atoms in total. The number of aliphatic imine (C=N–C) groups is 1. The number of ether oxygens (including phenoxy) is 2. The molecule has 0 aromatic carbocycles. The van der Waals surface area contributed by atoms with Crippen LogP contribution in [0.4, 0.5) is 10.5 Å². The Balaban J connectivity index is 1.59. The number of piperidine rings is 1. The smallest absolute Gasteiger partial charge is 0.410 e. The van der Waals surface area contributed by atoms with Gasteiger partial charge in [-0.15, -0.1) is 11.8 Å². The summed E-state index contributed by atoms with van der Waals surface area (Å²) in [6.45, 7) is 6.91. The summed E-state index contributed by atoms with van der Waals surface area (Å²) >= 11 is 1.51. The Labute approximate surface area is 198 Å². The predicted octanol–water partition coefficient (Wildman–Crippen LogP) is 2.99. The summed E-state index contributed by atoms with van der Waals surface area (Å²) in [5.41, 5.74) is 1.70. The molecule has 1 aromatic rings. The van der Waals surface area contributed by atoms with Crippen molar-refractivity contribution in [2.24, 2.45) is 4.99 Å². The lowest BCUT2D eigenvalue weighted by atomic mass is 10.1. The molecule has 1 fully saturated rings. The number of aliphatic hydroxyl groups excluding tert-OH is 1. The average Bonchev–Trinajstić information content (AvgIpc) is 2.79. The van der Waals surface area contributed by atoms with Gasteiger partial charge in [0.15, 0.2) is 6.17 Å². The number of pyridine rings is 1. The number of anilines is 1. The number of hydrogen-bond donors (Lipinski definition) is 2. The van der Waals surface area contributed by atoms with Crippen LogP contribution in [0.15, 0.2) is 34.1 Å². The molecule has 2 aliphatic rings. The van der Waals surface area contributed by atoms with E-state index < -0.39 is 0 Å². The molecular weight excluding hydrogens is 446 g/mol. The van der Waals surface area contributed by atoms with E-state index in [2.05, 4.69) is 15.3 Å². The normalized spacial score (nSPS) is 19.0. The van der Waals surface area contributed by atoms with Crippen LogP contribution in [0, 0.1) is 6.92 Å². The number of nitrogens with one attached hydrogen (secondary N) is 1. The fraction of sp³-hybridized carbons (Fsp3) is 0.591. The quantitative estimate of drug-likeness (QED) is 0.517. The van der Waals surface area contributed by atoms with Gasteiger partial charge in [0.1, 0.15) is 12.4 Å². The van der Waals surface area contributed by atoms with Gasteiger partial charge < -0.3 is 24.8 Å². The van der Waals surface area contributed by atoms with Crippen LogP contribution < -0.4 is 5.32 Å². The first kappa shape index (κ1) is 25.1. The molecule has 182 valence electrons. The summed E-state index contributed by atoms with van der Waals surface area (Å²) in [4.78, 5) is 28.1. The predicted molar refractivity (Wildman–Crippen MR) is 127 cm³/mol. The van der Waals surface area contributed by atoms with E-state index in [0.717, 1.165) is 16.4 Å². The zero-order valence-electron chi connectivity index (χ0n) is 19.6. The SMILES string of the molecule is CON1C=NC(OC2CCN(C(=O)OC(C)C)CC2)=CC1Nc1ccc(SCCO)nc1C. The standard InChI is InChI=1S/C22H33N5O5S/c1-15(2)31-22(29)26-9-7-17(8-10-26)32-20-13-19(27(30-4)14-23-20)25-18-5-6-21(24-16(18)3)33-12-11-28/h5-6,13-15,17,19,25,28H,7-12H2,1-4H3. The Kier molecular flexibility index (Phi) is 9.21. The summed E-state index contributed by atoms with van der Waals surface area (Å²) in [6, 6.07) is 3.88. The molecule has 1 saturated heterocycles. The van der Waals surface area contributed by atoms with E-state index in [4.69, 9.17) is 19.4 Å². The van der Waals surface area contributed by atoms with Gasteiger partial charge in [-0.1, -0.05) is 0 Å². The third-order valence-corrected chi connectivity index (χ3v) is 6.02. The largest absolute Gasteiger partial charge is 0.474 e. The van der Waals surface area contributed by atoms with Crippen molar-refractivity contribution in [3.05, 3.63) is 29.8 Å². The number of carbonyl (C=O) groups excluding carboxylic acids is 1. The Morgan fingerprint density at radius 3 is 2.73 bits per heavy atom. The number of carbonyl (C=O) groups is 1. The highest BCUT2D eigenvalue weighted by atomic mass is 32.2. The second kappa shape index (κ2) is 12.1. The van der Waals surface area contributed by atoms with Crippen molar-refractivity contribution in [2.45, 2.75) is 57.0 Å². The molecule has 3 heterocycles. The number of hydroxylamine groups is 2. The molecule has 1 amide bonds. The molecule has 0 saturated carbocycles. The Morgan fingerprint density at radius 2 is 2.09 bits per heavy atom. The molecule has 0 spiro atoms. The molecule has 0 bridgehead atoms. The molecule has 0 radical (unpaired) electrons. The highest BCUT2D eigenvalue weighted by Gasteiger charge is 2.27. The third kappa shape index (κ3) is 7.24. The van der Waals surface area contributed by atoms with Gasteiger partial charge in [0, 0.05) is 37.8 Å². The van der Waals surface area contributed by atoms with Crippen molar-refractivity contribution in [1.82, 2.24) is 14.9 Å². The molecule has 1 unspecified atom stereocenters. The summed E-state index contributed by atoms with van der Waals surface area (Å²) in [7, 11) is 1.58. The number of likely N-dealkylation sites (tertiary alicyclic amines) is 1. The first-order valence-corrected chi connectivity index (χ1v) is 12.1. The molecule has 11 heteroatoms. The van der Waals surface area contributed by atoms with Gasteiger partial charge >= 0.3 is 6.09 Å². The zero-order chi connectivity index (χ0) is 23.8. The van der Waals surface area contributed by atoms with Crippen molar-refractivity contribution in [1.29, 1.82) is 0 Å². The maximum atomic E-state index is 12.1. The lowest BCUT2D eigenvalue weighted by Gasteiger charge is -2.33. The second-order valence-corrected chi connectivity index (χ2v) is 9.09. The van der Waals surface area contributed by atoms with Gasteiger partial charge in [-0.3, -0.25) is 4.84 Å². The maximum Gasteiger partial charge on any atom is 0.410 e. The third-order valence-electron chi connectivity index (χ3n) is 5.11. The van der Waals surface area contributed by atoms with E-state index in [0.29, 0.717) is 37.6 Å². The van der Waals surface area contributed by atoms with Gasteiger partial charge in [-0.2, -0.15) is 0 Å². The van der Waals surface area contributed by atoms with E-state index in [1.54, 1.807) is 23.4 Å². The van der Waals surface area contributed by atoms with Crippen molar-refractivity contribution in [3.8, 4) is 0 Å². The number of amides is 1. The highest BCUT2D eigenvalue weighted by molar-refractivity contribution is 7.99. The monoisotopic (exact) mass is 479 g/mol. The molecule has 33 heavy (non-hydrogen) atoms. The fourth-order valence-electron chi connectivity index (χ4n) is 3.46. The molecule has 2 N–H and O–H groups in total. The van der Waals surface area contributed by atoms with Gasteiger partial charge in [0.2, 0.25) is 5.88 Å². The van der Waals surface area contributed by atoms with Crippen molar-refractivity contribution >= 4 is 29.9 Å². The van der Waals surface area contributed by atoms with E-state index in [-0.39, 0.29) is 31.1 Å². The molecule has 3 rings (SSSR count). The first-order valence-electron chi connectivity index (χ1n) is 11.1. The Morgan fingerprint density at radius 1 is 1.33 bits per heavy atom. The number of nitrogens with zero attached hydrogens (tertiary/aromatic N) is 4. The Hall–Kier alpha value is -2.50. The lowest BCUT2D eigenvalue weighted by Crippen LogP contribution is -2.43. The number of hydrogen-bond acceptors (Lipinski definition) is 10. The van der Waals surface area contributed by atoms with E-state index >= 15 is 0 Å². The maximum absolute atomic E-state index is 12.1. The van der Waals surface area contributed by atoms with E-state index in [1.165, 1.54) is 11.8 Å². The van der Waals surface area contributed by atoms with Gasteiger partial charge in [0.05, 0.1) is 36.2 Å². The highest BCUT2D eigenvalue weighted by Crippen LogP contribution is 2.24. The van der Waals surface area contributed by atoms with Crippen LogP contribution in [-0.4, -0.2) is 83.4 Å². The lowest BCUT2D eigenvalue weighted by molar-refractivity contribution is -0.0769. The number of rotatable bonds is 9. The molecule has 1 atom stereocenters. The van der Waals surface area contributed by atoms with Crippen LogP contribution in [0.25, 0.3) is 0 Å². The summed E-state index contributed by atoms with van der Waals surface area (Å²) in [6.07, 6.45) is 4.09. The minimum atomic E-state index is -0.333. The van der Waals surface area contributed by atoms with Crippen LogP contribution in [0.3, 0.4) is 0 Å². The first-order chi connectivity index (χ1) is 15.9. The van der Waals surface area contributed by atoms with E-state index in [9.17, 15) is 4.79 Å². The molecular formula is C22H33N5O5S. The topological polar surface area (TPSA) is 109 Å². The van der Waals surface area contributed by atoms with Crippen LogP contribution in [-0.2, 0) is 14.3 Å². The zero-order valence-corrected chi connectivity index (χ0v) is 20.4. The van der Waals surface area contributed by atoms with Crippen molar-refractivity contribution in [3.63, 3.8) is 0 Å². The average molecular weight is 480 g/mol.